The predicted molar refractivity (Wildman–Crippen MR) is 165 cm³/mol. The van der Waals surface area contributed by atoms with Gasteiger partial charge in [0.1, 0.15) is 0 Å². The zero-order chi connectivity index (χ0) is 29.5. The Kier molecular flexibility index (Phi) is 6.40. The molecule has 9 rings (SSSR count). The second-order valence-electron chi connectivity index (χ2n) is 14.0. The second-order valence-corrected chi connectivity index (χ2v) is 16.0. The van der Waals surface area contributed by atoms with Crippen LogP contribution < -0.4 is 20.2 Å². The van der Waals surface area contributed by atoms with Gasteiger partial charge in [0, 0.05) is 50.1 Å². The van der Waals surface area contributed by atoms with E-state index in [-0.39, 0.29) is 6.04 Å². The first-order valence-electron chi connectivity index (χ1n) is 15.8. The number of benzene rings is 2. The minimum atomic E-state index is -3.13. The number of hydrogen-bond acceptors (Lipinski definition) is 8. The van der Waals surface area contributed by atoms with E-state index in [1.165, 1.54) is 6.26 Å². The molecular formula is C32H41N5O5S. The van der Waals surface area contributed by atoms with E-state index in [1.54, 1.807) is 9.37 Å². The lowest BCUT2D eigenvalue weighted by molar-refractivity contribution is -0.137. The fraction of sp³-hybridized carbons (Fsp3) is 0.594. The number of amides is 1. The summed E-state index contributed by atoms with van der Waals surface area (Å²) >= 11 is 0. The lowest BCUT2D eigenvalue weighted by Crippen LogP contribution is -2.62. The van der Waals surface area contributed by atoms with E-state index >= 15 is 0 Å². The van der Waals surface area contributed by atoms with Gasteiger partial charge < -0.3 is 25.1 Å². The summed E-state index contributed by atoms with van der Waals surface area (Å²) in [6.07, 6.45) is 5.56. The van der Waals surface area contributed by atoms with Crippen molar-refractivity contribution in [1.82, 2.24) is 9.62 Å². The smallest absolute Gasteiger partial charge is 0.390 e. The Hall–Kier alpha value is -3.02. The predicted octanol–water partition coefficient (Wildman–Crippen LogP) is 3.55. The van der Waals surface area contributed by atoms with Gasteiger partial charge in [-0.25, -0.2) is 22.6 Å². The molecule has 0 radical (unpaired) electrons. The van der Waals surface area contributed by atoms with Crippen LogP contribution in [0.25, 0.3) is 0 Å². The van der Waals surface area contributed by atoms with E-state index in [1.807, 2.05) is 18.2 Å². The van der Waals surface area contributed by atoms with E-state index in [4.69, 9.17) is 4.84 Å². The first-order valence-corrected chi connectivity index (χ1v) is 17.6. The van der Waals surface area contributed by atoms with Crippen LogP contribution in [0.1, 0.15) is 32.1 Å². The molecule has 230 valence electrons. The quantitative estimate of drug-likeness (QED) is 0.532. The van der Waals surface area contributed by atoms with Gasteiger partial charge in [-0.15, -0.1) is 0 Å². The molecule has 11 heteroatoms. The molecule has 10 nitrogen and oxygen atoms in total. The molecule has 2 aromatic carbocycles. The van der Waals surface area contributed by atoms with Crippen LogP contribution in [0.4, 0.5) is 27.5 Å². The number of para-hydroxylation sites is 2. The van der Waals surface area contributed by atoms with Crippen molar-refractivity contribution in [2.24, 2.45) is 29.6 Å². The van der Waals surface area contributed by atoms with Gasteiger partial charge in [-0.1, -0.05) is 12.1 Å². The van der Waals surface area contributed by atoms with Crippen molar-refractivity contribution in [3.63, 3.8) is 0 Å². The number of anilines is 4. The highest BCUT2D eigenvalue weighted by Gasteiger charge is 2.55. The Labute approximate surface area is 253 Å². The van der Waals surface area contributed by atoms with Crippen LogP contribution in [-0.2, 0) is 14.9 Å². The largest absolute Gasteiger partial charge is 0.431 e. The first kappa shape index (κ1) is 27.5. The van der Waals surface area contributed by atoms with Crippen molar-refractivity contribution < 1.29 is 23.2 Å². The maximum atomic E-state index is 13.2. The number of fused-ring (bicyclic) bond motifs is 2. The van der Waals surface area contributed by atoms with Crippen molar-refractivity contribution in [2.75, 3.05) is 60.4 Å². The number of hydrogen-bond donors (Lipinski definition) is 2. The minimum absolute atomic E-state index is 0.0770. The average Bonchev–Trinajstić information content (AvgIpc) is 3.55. The molecule has 4 bridgehead atoms. The van der Waals surface area contributed by atoms with Crippen molar-refractivity contribution in [3.05, 3.63) is 48.5 Å². The molecular weight excluding hydrogens is 566 g/mol. The molecule has 3 aliphatic heterocycles. The number of nitrogens with one attached hydrogen (secondary N) is 1. The lowest BCUT2D eigenvalue weighted by Gasteiger charge is -2.57. The maximum absolute atomic E-state index is 13.2. The Bertz CT molecular complexity index is 1490. The third-order valence-corrected chi connectivity index (χ3v) is 12.4. The highest BCUT2D eigenvalue weighted by molar-refractivity contribution is 7.88. The molecule has 2 N–H and O–H groups in total. The summed E-state index contributed by atoms with van der Waals surface area (Å²) < 4.78 is 25.6. The van der Waals surface area contributed by atoms with E-state index in [2.05, 4.69) is 45.4 Å². The van der Waals surface area contributed by atoms with E-state index in [9.17, 15) is 18.3 Å². The average molecular weight is 608 g/mol. The zero-order valence-electron chi connectivity index (χ0n) is 24.6. The Balaban J connectivity index is 0.922. The molecule has 4 atom stereocenters. The summed E-state index contributed by atoms with van der Waals surface area (Å²) in [5.74, 6) is 2.01. The maximum Gasteiger partial charge on any atom is 0.431 e. The van der Waals surface area contributed by atoms with Gasteiger partial charge in [0.05, 0.1) is 29.8 Å². The van der Waals surface area contributed by atoms with Crippen LogP contribution in [0.5, 0.6) is 0 Å². The Morgan fingerprint density at radius 3 is 2.12 bits per heavy atom. The fourth-order valence-corrected chi connectivity index (χ4v) is 10.4. The summed E-state index contributed by atoms with van der Waals surface area (Å²) in [4.78, 5) is 23.7. The second kappa shape index (κ2) is 10.0. The van der Waals surface area contributed by atoms with Crippen molar-refractivity contribution >= 4 is 38.9 Å². The SMILES string of the molecule is CS(=O)(=O)N1C[C@H]2CN(c3ccc(N4CCN(OC(=O)NC5C6CC7CC5CC(O)(C7)C6)c5ccccc54)cc3)C[C@@H]2C1. The van der Waals surface area contributed by atoms with Crippen LogP contribution in [0.15, 0.2) is 48.5 Å². The topological polar surface area (TPSA) is 106 Å². The molecule has 3 heterocycles. The Morgan fingerprint density at radius 2 is 1.49 bits per heavy atom. The van der Waals surface area contributed by atoms with Gasteiger partial charge in [0.25, 0.3) is 0 Å². The van der Waals surface area contributed by atoms with Crippen LogP contribution in [0.3, 0.4) is 0 Å². The number of carbonyl (C=O) groups excluding carboxylic acids is 1. The van der Waals surface area contributed by atoms with Crippen molar-refractivity contribution in [3.8, 4) is 0 Å². The van der Waals surface area contributed by atoms with E-state index < -0.39 is 21.7 Å². The summed E-state index contributed by atoms with van der Waals surface area (Å²) in [6, 6.07) is 16.7. The van der Waals surface area contributed by atoms with Gasteiger partial charge in [-0.3, -0.25) is 0 Å². The molecule has 6 fully saturated rings. The standard InChI is InChI=1S/C32H41N5O5S/c1-43(40,41)35-19-24-17-34(18-25(24)20-35)26-6-8-27(9-7-26)36-10-11-37(29-5-3-2-4-28(29)36)42-31(38)33-30-22-12-21-13-23(30)16-32(39,14-21)15-22/h2-9,21-25,30,39H,10-20H2,1H3,(H,33,38)/t21?,22?,23?,24-,25-,30?,32?/m1/s1. The van der Waals surface area contributed by atoms with Gasteiger partial charge in [0.15, 0.2) is 0 Å². The highest BCUT2D eigenvalue weighted by Crippen LogP contribution is 2.55. The van der Waals surface area contributed by atoms with E-state index in [0.29, 0.717) is 55.8 Å². The third kappa shape index (κ3) is 4.93. The number of hydroxylamine groups is 1. The highest BCUT2D eigenvalue weighted by atomic mass is 32.2. The summed E-state index contributed by atoms with van der Waals surface area (Å²) in [7, 11) is -3.13. The summed E-state index contributed by atoms with van der Waals surface area (Å²) in [5.41, 5.74) is 3.56. The van der Waals surface area contributed by atoms with Gasteiger partial charge in [-0.2, -0.15) is 0 Å². The Morgan fingerprint density at radius 1 is 0.860 bits per heavy atom. The lowest BCUT2D eigenvalue weighted by atomic mass is 9.52. The van der Waals surface area contributed by atoms with Crippen LogP contribution in [0, 0.1) is 29.6 Å². The minimum Gasteiger partial charge on any atom is -0.390 e. The van der Waals surface area contributed by atoms with Gasteiger partial charge in [-0.05, 0) is 98.1 Å². The molecule has 43 heavy (non-hydrogen) atoms. The van der Waals surface area contributed by atoms with Crippen molar-refractivity contribution in [1.29, 1.82) is 0 Å². The third-order valence-electron chi connectivity index (χ3n) is 11.1. The van der Waals surface area contributed by atoms with Gasteiger partial charge >= 0.3 is 6.09 Å². The van der Waals surface area contributed by atoms with Gasteiger partial charge in [0.2, 0.25) is 10.0 Å². The summed E-state index contributed by atoms with van der Waals surface area (Å²) in [5, 5.41) is 15.8. The van der Waals surface area contributed by atoms with Crippen LogP contribution in [0.2, 0.25) is 0 Å². The molecule has 4 aliphatic carbocycles. The van der Waals surface area contributed by atoms with Crippen molar-refractivity contribution in [2.45, 2.75) is 43.7 Å². The zero-order valence-corrected chi connectivity index (χ0v) is 25.5. The monoisotopic (exact) mass is 607 g/mol. The number of carbonyl (C=O) groups is 1. The molecule has 4 saturated carbocycles. The number of sulfonamides is 1. The molecule has 2 unspecified atom stereocenters. The fourth-order valence-electron chi connectivity index (χ4n) is 9.45. The molecule has 1 amide bonds. The molecule has 0 spiro atoms. The van der Waals surface area contributed by atoms with Crippen LogP contribution >= 0.6 is 0 Å². The number of nitrogens with zero attached hydrogens (tertiary/aromatic N) is 4. The molecule has 7 aliphatic rings. The molecule has 2 saturated heterocycles. The number of aliphatic hydroxyl groups is 1. The molecule has 0 aromatic heterocycles. The van der Waals surface area contributed by atoms with Crippen LogP contribution in [-0.4, -0.2) is 81.1 Å². The number of rotatable bonds is 5. The summed E-state index contributed by atoms with van der Waals surface area (Å²) in [6.45, 7) is 4.19. The molecule has 2 aromatic rings. The normalized spacial score (nSPS) is 34.8. The van der Waals surface area contributed by atoms with E-state index in [0.717, 1.165) is 67.9 Å². The first-order chi connectivity index (χ1) is 20.6.